The lowest BCUT2D eigenvalue weighted by atomic mass is 9.93. The fourth-order valence-corrected chi connectivity index (χ4v) is 2.72. The maximum Gasteiger partial charge on any atom is 0.246 e. The van der Waals surface area contributed by atoms with Crippen molar-refractivity contribution < 1.29 is 9.59 Å². The lowest BCUT2D eigenvalue weighted by molar-refractivity contribution is -0.153. The number of rotatable bonds is 6. The smallest absolute Gasteiger partial charge is 0.246 e. The van der Waals surface area contributed by atoms with Gasteiger partial charge in [0.05, 0.1) is 0 Å². The molecule has 4 heteroatoms. The summed E-state index contributed by atoms with van der Waals surface area (Å²) in [5, 5.41) is 2.87. The lowest BCUT2D eigenvalue weighted by Crippen LogP contribution is -2.66. The van der Waals surface area contributed by atoms with E-state index >= 15 is 0 Å². The molecule has 0 aliphatic carbocycles. The van der Waals surface area contributed by atoms with Gasteiger partial charge < -0.3 is 10.2 Å². The van der Waals surface area contributed by atoms with Gasteiger partial charge in [-0.2, -0.15) is 0 Å². The summed E-state index contributed by atoms with van der Waals surface area (Å²) in [7, 11) is 0. The van der Waals surface area contributed by atoms with E-state index in [4.69, 9.17) is 0 Å². The SMILES string of the molecule is C=CCC(C)N1C(=O)C(CCC)NC(=O)C1C(C)C. The van der Waals surface area contributed by atoms with E-state index in [-0.39, 0.29) is 35.9 Å². The number of piperazine rings is 1. The van der Waals surface area contributed by atoms with Gasteiger partial charge in [-0.25, -0.2) is 0 Å². The normalized spacial score (nSPS) is 25.4. The summed E-state index contributed by atoms with van der Waals surface area (Å²) < 4.78 is 0. The number of hydrogen-bond acceptors (Lipinski definition) is 2. The third-order valence-electron chi connectivity index (χ3n) is 3.63. The molecule has 0 bridgehead atoms. The Kier molecular flexibility index (Phi) is 5.58. The first-order valence-electron chi connectivity index (χ1n) is 7.17. The summed E-state index contributed by atoms with van der Waals surface area (Å²) in [6.07, 6.45) is 4.09. The molecule has 1 heterocycles. The van der Waals surface area contributed by atoms with Gasteiger partial charge in [0.15, 0.2) is 0 Å². The fraction of sp³-hybridized carbons (Fsp3) is 0.733. The van der Waals surface area contributed by atoms with Crippen LogP contribution in [0.15, 0.2) is 12.7 Å². The second kappa shape index (κ2) is 6.73. The minimum Gasteiger partial charge on any atom is -0.342 e. The highest BCUT2D eigenvalue weighted by atomic mass is 16.2. The van der Waals surface area contributed by atoms with E-state index in [1.807, 2.05) is 27.7 Å². The molecule has 108 valence electrons. The standard InChI is InChI=1S/C15H26N2O2/c1-6-8-11(5)17-13(10(3)4)14(18)16-12(9-7-2)15(17)19/h6,10-13H,1,7-9H2,2-5H3,(H,16,18). The van der Waals surface area contributed by atoms with Crippen molar-refractivity contribution in [3.05, 3.63) is 12.7 Å². The maximum atomic E-state index is 12.6. The molecule has 4 nitrogen and oxygen atoms in total. The van der Waals surface area contributed by atoms with Crippen LogP contribution in [0.4, 0.5) is 0 Å². The van der Waals surface area contributed by atoms with Crippen LogP contribution in [0.1, 0.15) is 47.0 Å². The van der Waals surface area contributed by atoms with E-state index in [1.165, 1.54) is 0 Å². The van der Waals surface area contributed by atoms with Gasteiger partial charge >= 0.3 is 0 Å². The minimum atomic E-state index is -0.365. The molecule has 0 radical (unpaired) electrons. The van der Waals surface area contributed by atoms with Gasteiger partial charge in [0, 0.05) is 6.04 Å². The molecule has 1 aliphatic heterocycles. The van der Waals surface area contributed by atoms with Crippen molar-refractivity contribution in [1.29, 1.82) is 0 Å². The molecular formula is C15H26N2O2. The van der Waals surface area contributed by atoms with Crippen LogP contribution in [-0.2, 0) is 9.59 Å². The van der Waals surface area contributed by atoms with E-state index < -0.39 is 0 Å². The van der Waals surface area contributed by atoms with Gasteiger partial charge in [-0.15, -0.1) is 6.58 Å². The zero-order valence-electron chi connectivity index (χ0n) is 12.5. The minimum absolute atomic E-state index is 0.0165. The van der Waals surface area contributed by atoms with Crippen LogP contribution in [0.3, 0.4) is 0 Å². The fourth-order valence-electron chi connectivity index (χ4n) is 2.72. The molecule has 0 saturated carbocycles. The summed E-state index contributed by atoms with van der Waals surface area (Å²) in [5.41, 5.74) is 0. The summed E-state index contributed by atoms with van der Waals surface area (Å²) in [6.45, 7) is 11.7. The van der Waals surface area contributed by atoms with Crippen molar-refractivity contribution >= 4 is 11.8 Å². The predicted octanol–water partition coefficient (Wildman–Crippen LogP) is 2.10. The molecule has 0 spiro atoms. The molecular weight excluding hydrogens is 240 g/mol. The Hall–Kier alpha value is -1.32. The molecule has 1 rings (SSSR count). The van der Waals surface area contributed by atoms with Crippen LogP contribution < -0.4 is 5.32 Å². The summed E-state index contributed by atoms with van der Waals surface area (Å²) in [5.74, 6) is 0.136. The Morgan fingerprint density at radius 2 is 2.00 bits per heavy atom. The molecule has 1 fully saturated rings. The van der Waals surface area contributed by atoms with E-state index in [0.29, 0.717) is 12.8 Å². The molecule has 0 aromatic carbocycles. The summed E-state index contributed by atoms with van der Waals surface area (Å²) in [4.78, 5) is 26.6. The van der Waals surface area contributed by atoms with E-state index in [9.17, 15) is 9.59 Å². The average Bonchev–Trinajstić information content (AvgIpc) is 2.32. The Balaban J connectivity index is 3.02. The van der Waals surface area contributed by atoms with Gasteiger partial charge in [0.1, 0.15) is 12.1 Å². The number of carbonyl (C=O) groups excluding carboxylic acids is 2. The van der Waals surface area contributed by atoms with Gasteiger partial charge in [0.2, 0.25) is 11.8 Å². The zero-order chi connectivity index (χ0) is 14.6. The Bertz CT molecular complexity index is 352. The highest BCUT2D eigenvalue weighted by molar-refractivity contribution is 5.97. The molecule has 0 aromatic heterocycles. The third-order valence-corrected chi connectivity index (χ3v) is 3.63. The highest BCUT2D eigenvalue weighted by Gasteiger charge is 2.43. The molecule has 2 amide bonds. The first-order valence-corrected chi connectivity index (χ1v) is 7.17. The third kappa shape index (κ3) is 3.37. The van der Waals surface area contributed by atoms with E-state index in [1.54, 1.807) is 11.0 Å². The number of carbonyl (C=O) groups is 2. The van der Waals surface area contributed by atoms with Gasteiger partial charge in [-0.1, -0.05) is 33.3 Å². The van der Waals surface area contributed by atoms with Crippen molar-refractivity contribution in [3.8, 4) is 0 Å². The highest BCUT2D eigenvalue weighted by Crippen LogP contribution is 2.23. The Morgan fingerprint density at radius 1 is 1.37 bits per heavy atom. The van der Waals surface area contributed by atoms with Crippen LogP contribution >= 0.6 is 0 Å². The maximum absolute atomic E-state index is 12.6. The molecule has 19 heavy (non-hydrogen) atoms. The van der Waals surface area contributed by atoms with E-state index in [0.717, 1.165) is 6.42 Å². The number of nitrogens with one attached hydrogen (secondary N) is 1. The quantitative estimate of drug-likeness (QED) is 0.748. The largest absolute Gasteiger partial charge is 0.342 e. The topological polar surface area (TPSA) is 49.4 Å². The first-order chi connectivity index (χ1) is 8.93. The van der Waals surface area contributed by atoms with Crippen molar-refractivity contribution in [2.45, 2.75) is 65.1 Å². The van der Waals surface area contributed by atoms with E-state index in [2.05, 4.69) is 11.9 Å². The zero-order valence-corrected chi connectivity index (χ0v) is 12.5. The monoisotopic (exact) mass is 266 g/mol. The number of amides is 2. The number of hydrogen-bond donors (Lipinski definition) is 1. The van der Waals surface area contributed by atoms with Crippen LogP contribution in [0.25, 0.3) is 0 Å². The first kappa shape index (κ1) is 15.7. The summed E-state index contributed by atoms with van der Waals surface area (Å²) in [6, 6.07) is -0.710. The van der Waals surface area contributed by atoms with Crippen LogP contribution in [0.2, 0.25) is 0 Å². The van der Waals surface area contributed by atoms with Crippen LogP contribution in [0.5, 0.6) is 0 Å². The molecule has 0 aromatic rings. The molecule has 1 aliphatic rings. The second-order valence-electron chi connectivity index (χ2n) is 5.66. The molecule has 3 unspecified atom stereocenters. The Morgan fingerprint density at radius 3 is 2.47 bits per heavy atom. The predicted molar refractivity (Wildman–Crippen MR) is 76.6 cm³/mol. The number of nitrogens with zero attached hydrogens (tertiary/aromatic N) is 1. The van der Waals surface area contributed by atoms with Crippen LogP contribution in [0, 0.1) is 5.92 Å². The van der Waals surface area contributed by atoms with Crippen molar-refractivity contribution in [1.82, 2.24) is 10.2 Å². The van der Waals surface area contributed by atoms with Crippen molar-refractivity contribution in [3.63, 3.8) is 0 Å². The van der Waals surface area contributed by atoms with Crippen LogP contribution in [-0.4, -0.2) is 34.8 Å². The van der Waals surface area contributed by atoms with Crippen molar-refractivity contribution in [2.75, 3.05) is 0 Å². The van der Waals surface area contributed by atoms with Gasteiger partial charge in [-0.3, -0.25) is 9.59 Å². The molecule has 3 atom stereocenters. The Labute approximate surface area is 116 Å². The molecule has 1 saturated heterocycles. The van der Waals surface area contributed by atoms with Gasteiger partial charge in [0.25, 0.3) is 0 Å². The molecule has 1 N–H and O–H groups in total. The second-order valence-corrected chi connectivity index (χ2v) is 5.66. The average molecular weight is 266 g/mol. The van der Waals surface area contributed by atoms with Gasteiger partial charge in [-0.05, 0) is 25.7 Å². The summed E-state index contributed by atoms with van der Waals surface area (Å²) >= 11 is 0. The lowest BCUT2D eigenvalue weighted by Gasteiger charge is -2.44. The van der Waals surface area contributed by atoms with Crippen molar-refractivity contribution in [2.24, 2.45) is 5.92 Å².